The van der Waals surface area contributed by atoms with E-state index in [1.807, 2.05) is 6.92 Å². The molecule has 1 atom stereocenters. The summed E-state index contributed by atoms with van der Waals surface area (Å²) in [6.45, 7) is 3.08. The lowest BCUT2D eigenvalue weighted by atomic mass is 10.2. The molecule has 0 unspecified atom stereocenters. The van der Waals surface area contributed by atoms with Crippen molar-refractivity contribution in [3.63, 3.8) is 0 Å². The van der Waals surface area contributed by atoms with E-state index in [0.717, 1.165) is 6.07 Å². The first-order valence-electron chi connectivity index (χ1n) is 7.00. The zero-order valence-corrected chi connectivity index (χ0v) is 12.6. The highest BCUT2D eigenvalue weighted by molar-refractivity contribution is 5.79. The maximum atomic E-state index is 12.7. The standard InChI is InChI=1S/C14H16F3N5O/c1-3-10(22-6-4-5-19-22)13(23)18-8-12-20-9(2)7-11(21-12)14(15,16)17/h4-7,10H,3,8H2,1-2H3,(H,18,23)/t10-/m0/s1. The van der Waals surface area contributed by atoms with Gasteiger partial charge in [0.05, 0.1) is 6.54 Å². The minimum Gasteiger partial charge on any atom is -0.347 e. The second kappa shape index (κ2) is 6.76. The molecule has 1 amide bonds. The summed E-state index contributed by atoms with van der Waals surface area (Å²) >= 11 is 0. The van der Waals surface area contributed by atoms with Crippen molar-refractivity contribution < 1.29 is 18.0 Å². The number of rotatable bonds is 5. The van der Waals surface area contributed by atoms with Gasteiger partial charge in [0.25, 0.3) is 0 Å². The molecule has 2 rings (SSSR count). The number of hydrogen-bond acceptors (Lipinski definition) is 4. The van der Waals surface area contributed by atoms with Gasteiger partial charge in [-0.3, -0.25) is 9.48 Å². The van der Waals surface area contributed by atoms with E-state index in [4.69, 9.17) is 0 Å². The SMILES string of the molecule is CC[C@@H](C(=O)NCc1nc(C)cc(C(F)(F)F)n1)n1cccn1. The number of halogens is 3. The molecule has 2 heterocycles. The molecule has 0 fully saturated rings. The van der Waals surface area contributed by atoms with Crippen LogP contribution in [0.3, 0.4) is 0 Å². The Labute approximate surface area is 130 Å². The lowest BCUT2D eigenvalue weighted by Gasteiger charge is -2.15. The lowest BCUT2D eigenvalue weighted by Crippen LogP contribution is -2.33. The molecule has 0 aliphatic heterocycles. The zero-order chi connectivity index (χ0) is 17.0. The van der Waals surface area contributed by atoms with Gasteiger partial charge >= 0.3 is 6.18 Å². The number of hydrogen-bond donors (Lipinski definition) is 1. The molecule has 0 saturated heterocycles. The molecule has 0 radical (unpaired) electrons. The molecule has 2 aromatic heterocycles. The molecule has 0 saturated carbocycles. The molecule has 6 nitrogen and oxygen atoms in total. The van der Waals surface area contributed by atoms with Crippen LogP contribution in [0.1, 0.15) is 36.6 Å². The summed E-state index contributed by atoms with van der Waals surface area (Å²) in [4.78, 5) is 19.5. The highest BCUT2D eigenvalue weighted by Crippen LogP contribution is 2.27. The van der Waals surface area contributed by atoms with Crippen molar-refractivity contribution in [1.29, 1.82) is 0 Å². The lowest BCUT2D eigenvalue weighted by molar-refractivity contribution is -0.141. The fraction of sp³-hybridized carbons (Fsp3) is 0.429. The highest BCUT2D eigenvalue weighted by Gasteiger charge is 2.33. The van der Waals surface area contributed by atoms with Gasteiger partial charge < -0.3 is 5.32 Å². The van der Waals surface area contributed by atoms with E-state index < -0.39 is 17.9 Å². The molecule has 23 heavy (non-hydrogen) atoms. The number of nitrogens with one attached hydrogen (secondary N) is 1. The Morgan fingerprint density at radius 2 is 2.13 bits per heavy atom. The minimum atomic E-state index is -4.55. The number of alkyl halides is 3. The molecule has 9 heteroatoms. The summed E-state index contributed by atoms with van der Waals surface area (Å²) in [5.41, 5.74) is -0.830. The molecule has 0 aliphatic rings. The van der Waals surface area contributed by atoms with Gasteiger partial charge in [-0.15, -0.1) is 0 Å². The zero-order valence-electron chi connectivity index (χ0n) is 12.6. The number of aryl methyl sites for hydroxylation is 1. The molecule has 124 valence electrons. The molecular weight excluding hydrogens is 311 g/mol. The Kier molecular flexibility index (Phi) is 4.97. The van der Waals surface area contributed by atoms with Crippen molar-refractivity contribution in [2.45, 2.75) is 39.0 Å². The summed E-state index contributed by atoms with van der Waals surface area (Å²) in [7, 11) is 0. The van der Waals surface area contributed by atoms with Gasteiger partial charge in [-0.05, 0) is 25.5 Å². The predicted molar refractivity (Wildman–Crippen MR) is 75.2 cm³/mol. The van der Waals surface area contributed by atoms with Crippen LogP contribution >= 0.6 is 0 Å². The number of amides is 1. The fourth-order valence-electron chi connectivity index (χ4n) is 2.10. The average molecular weight is 327 g/mol. The molecule has 0 aromatic carbocycles. The maximum absolute atomic E-state index is 12.7. The normalized spacial score (nSPS) is 12.9. The van der Waals surface area contributed by atoms with Gasteiger partial charge in [0.15, 0.2) is 0 Å². The summed E-state index contributed by atoms with van der Waals surface area (Å²) in [6.07, 6.45) is -0.850. The van der Waals surface area contributed by atoms with E-state index in [2.05, 4.69) is 20.4 Å². The van der Waals surface area contributed by atoms with Crippen LogP contribution in [-0.4, -0.2) is 25.7 Å². The molecular formula is C14H16F3N5O. The summed E-state index contributed by atoms with van der Waals surface area (Å²) in [6, 6.07) is 2.02. The van der Waals surface area contributed by atoms with Crippen LogP contribution in [0, 0.1) is 6.92 Å². The first-order valence-corrected chi connectivity index (χ1v) is 7.00. The van der Waals surface area contributed by atoms with Crippen LogP contribution in [0.2, 0.25) is 0 Å². The van der Waals surface area contributed by atoms with E-state index in [9.17, 15) is 18.0 Å². The molecule has 0 bridgehead atoms. The van der Waals surface area contributed by atoms with Crippen molar-refractivity contribution in [3.8, 4) is 0 Å². The van der Waals surface area contributed by atoms with Crippen LogP contribution in [0.15, 0.2) is 24.5 Å². The maximum Gasteiger partial charge on any atom is 0.433 e. The van der Waals surface area contributed by atoms with Crippen LogP contribution in [0.5, 0.6) is 0 Å². The first kappa shape index (κ1) is 16.9. The van der Waals surface area contributed by atoms with Crippen LogP contribution in [-0.2, 0) is 17.5 Å². The van der Waals surface area contributed by atoms with Gasteiger partial charge in [-0.25, -0.2) is 9.97 Å². The third kappa shape index (κ3) is 4.27. The third-order valence-electron chi connectivity index (χ3n) is 3.15. The van der Waals surface area contributed by atoms with Gasteiger partial charge in [-0.2, -0.15) is 18.3 Å². The van der Waals surface area contributed by atoms with Gasteiger partial charge in [0.1, 0.15) is 17.6 Å². The molecule has 1 N–H and O–H groups in total. The van der Waals surface area contributed by atoms with E-state index >= 15 is 0 Å². The van der Waals surface area contributed by atoms with E-state index in [-0.39, 0.29) is 24.0 Å². The third-order valence-corrected chi connectivity index (χ3v) is 3.15. The largest absolute Gasteiger partial charge is 0.433 e. The van der Waals surface area contributed by atoms with Gasteiger partial charge in [-0.1, -0.05) is 6.92 Å². The highest BCUT2D eigenvalue weighted by atomic mass is 19.4. The van der Waals surface area contributed by atoms with Crippen molar-refractivity contribution in [3.05, 3.63) is 41.7 Å². The molecule has 0 aliphatic carbocycles. The van der Waals surface area contributed by atoms with Crippen LogP contribution in [0.25, 0.3) is 0 Å². The Bertz CT molecular complexity index is 670. The van der Waals surface area contributed by atoms with Crippen molar-refractivity contribution in [1.82, 2.24) is 25.1 Å². The first-order chi connectivity index (χ1) is 10.8. The quantitative estimate of drug-likeness (QED) is 0.914. The van der Waals surface area contributed by atoms with Crippen LogP contribution < -0.4 is 5.32 Å². The Morgan fingerprint density at radius 1 is 1.39 bits per heavy atom. The van der Waals surface area contributed by atoms with Gasteiger partial charge in [0.2, 0.25) is 5.91 Å². The summed E-state index contributed by atoms with van der Waals surface area (Å²) in [5.74, 6) is -0.434. The number of carbonyl (C=O) groups excluding carboxylic acids is 1. The van der Waals surface area contributed by atoms with E-state index in [1.165, 1.54) is 11.6 Å². The smallest absolute Gasteiger partial charge is 0.347 e. The number of nitrogens with zero attached hydrogens (tertiary/aromatic N) is 4. The van der Waals surface area contributed by atoms with Gasteiger partial charge in [0, 0.05) is 18.1 Å². The monoisotopic (exact) mass is 327 g/mol. The Balaban J connectivity index is 2.08. The second-order valence-electron chi connectivity index (χ2n) is 4.94. The number of aromatic nitrogens is 4. The predicted octanol–water partition coefficient (Wildman–Crippen LogP) is 2.27. The minimum absolute atomic E-state index is 0.0824. The van der Waals surface area contributed by atoms with Crippen molar-refractivity contribution >= 4 is 5.91 Å². The van der Waals surface area contributed by atoms with E-state index in [0.29, 0.717) is 6.42 Å². The van der Waals surface area contributed by atoms with Crippen molar-refractivity contribution in [2.75, 3.05) is 0 Å². The molecule has 2 aromatic rings. The summed E-state index contributed by atoms with van der Waals surface area (Å²) < 4.78 is 39.7. The fourth-order valence-corrected chi connectivity index (χ4v) is 2.10. The topological polar surface area (TPSA) is 72.7 Å². The van der Waals surface area contributed by atoms with Crippen LogP contribution in [0.4, 0.5) is 13.2 Å². The summed E-state index contributed by atoms with van der Waals surface area (Å²) in [5, 5.41) is 6.55. The average Bonchev–Trinajstić information content (AvgIpc) is 2.98. The van der Waals surface area contributed by atoms with Crippen molar-refractivity contribution in [2.24, 2.45) is 0 Å². The Hall–Kier alpha value is -2.45. The Morgan fingerprint density at radius 3 is 2.70 bits per heavy atom. The van der Waals surface area contributed by atoms with E-state index in [1.54, 1.807) is 18.5 Å². The number of carbonyl (C=O) groups is 1. The second-order valence-corrected chi connectivity index (χ2v) is 4.94. The molecule has 0 spiro atoms.